The van der Waals surface area contributed by atoms with Crippen molar-refractivity contribution >= 4 is 17.4 Å². The Morgan fingerprint density at radius 1 is 1.00 bits per heavy atom. The molecule has 5 rings (SSSR count). The van der Waals surface area contributed by atoms with E-state index >= 15 is 0 Å². The molecule has 15 heteroatoms. The molecule has 1 atom stereocenters. The maximum atomic E-state index is 13.1. The molecule has 0 spiro atoms. The van der Waals surface area contributed by atoms with Gasteiger partial charge in [0.05, 0.1) is 24.3 Å². The number of hydrogen-bond acceptors (Lipinski definition) is 8. The van der Waals surface area contributed by atoms with Crippen molar-refractivity contribution in [1.82, 2.24) is 39.1 Å². The van der Waals surface area contributed by atoms with Crippen molar-refractivity contribution < 1.29 is 23.1 Å². The summed E-state index contributed by atoms with van der Waals surface area (Å²) in [5, 5.41) is 18.6. The molecule has 210 valence electrons. The highest BCUT2D eigenvalue weighted by atomic mass is 35.5. The smallest absolute Gasteiger partial charge is 0.382 e. The van der Waals surface area contributed by atoms with Crippen molar-refractivity contribution in [3.63, 3.8) is 0 Å². The first-order valence-corrected chi connectivity index (χ1v) is 12.4. The van der Waals surface area contributed by atoms with Crippen molar-refractivity contribution in [1.29, 1.82) is 0 Å². The zero-order chi connectivity index (χ0) is 29.1. The molecule has 0 saturated carbocycles. The van der Waals surface area contributed by atoms with Gasteiger partial charge in [0.2, 0.25) is 0 Å². The van der Waals surface area contributed by atoms with E-state index in [0.717, 1.165) is 9.25 Å². The SMILES string of the molecule is O=C(Cc1ncccc1-n1cnc(Cn2nc(-c3ccc(Cl)cc3)n(C[C@H](O)C(F)(F)F)c2=O)n1)c1ccncc1. The monoisotopic (exact) mass is 584 g/mol. The lowest BCUT2D eigenvalue weighted by Gasteiger charge is -2.15. The van der Waals surface area contributed by atoms with Crippen molar-refractivity contribution in [3.8, 4) is 17.1 Å². The van der Waals surface area contributed by atoms with E-state index in [1.54, 1.807) is 24.3 Å². The molecule has 0 unspecified atom stereocenters. The van der Waals surface area contributed by atoms with Gasteiger partial charge in [0, 0.05) is 34.7 Å². The normalized spacial score (nSPS) is 12.4. The van der Waals surface area contributed by atoms with E-state index in [-0.39, 0.29) is 30.4 Å². The van der Waals surface area contributed by atoms with Gasteiger partial charge >= 0.3 is 11.9 Å². The third-order valence-corrected chi connectivity index (χ3v) is 6.28. The molecule has 0 amide bonds. The molecule has 41 heavy (non-hydrogen) atoms. The number of carbonyl (C=O) groups is 1. The highest BCUT2D eigenvalue weighted by Crippen LogP contribution is 2.24. The van der Waals surface area contributed by atoms with Crippen LogP contribution in [0.15, 0.2) is 78.2 Å². The Kier molecular flexibility index (Phi) is 7.77. The minimum absolute atomic E-state index is 0.0226. The Balaban J connectivity index is 1.44. The maximum absolute atomic E-state index is 13.1. The first-order valence-electron chi connectivity index (χ1n) is 12.1. The second-order valence-electron chi connectivity index (χ2n) is 8.85. The Hall–Kier alpha value is -4.69. The van der Waals surface area contributed by atoms with Gasteiger partial charge in [0.25, 0.3) is 0 Å². The number of nitrogens with zero attached hydrogens (tertiary/aromatic N) is 8. The molecule has 0 aliphatic carbocycles. The molecular formula is C26H20ClF3N8O3. The molecular weight excluding hydrogens is 565 g/mol. The molecule has 4 aromatic heterocycles. The Morgan fingerprint density at radius 2 is 1.73 bits per heavy atom. The standard InChI is InChI=1S/C26H20ClF3N8O3/c27-18-5-3-17(4-6-18)24-35-37(25(41)36(24)13-22(40)26(28,29)30)14-23-33-15-38(34-23)20-2-1-9-32-19(20)12-21(39)16-7-10-31-11-8-16/h1-11,15,22,40H,12-14H2/t22-/m0/s1. The predicted molar refractivity (Wildman–Crippen MR) is 140 cm³/mol. The van der Waals surface area contributed by atoms with Gasteiger partial charge in [0.15, 0.2) is 23.5 Å². The summed E-state index contributed by atoms with van der Waals surface area (Å²) in [4.78, 5) is 38.3. The number of ketones is 1. The lowest BCUT2D eigenvalue weighted by atomic mass is 10.1. The van der Waals surface area contributed by atoms with Crippen LogP contribution in [0.4, 0.5) is 13.2 Å². The topological polar surface area (TPSA) is 134 Å². The fraction of sp³-hybridized carbons (Fsp3) is 0.192. The van der Waals surface area contributed by atoms with E-state index in [4.69, 9.17) is 11.6 Å². The van der Waals surface area contributed by atoms with Gasteiger partial charge < -0.3 is 5.11 Å². The first kappa shape index (κ1) is 27.9. The van der Waals surface area contributed by atoms with Gasteiger partial charge in [0.1, 0.15) is 12.9 Å². The highest BCUT2D eigenvalue weighted by Gasteiger charge is 2.39. The van der Waals surface area contributed by atoms with Crippen LogP contribution >= 0.6 is 11.6 Å². The number of carbonyl (C=O) groups excluding carboxylic acids is 1. The average molecular weight is 585 g/mol. The minimum Gasteiger partial charge on any atom is -0.382 e. The molecule has 0 aliphatic heterocycles. The summed E-state index contributed by atoms with van der Waals surface area (Å²) in [5.41, 5.74) is 0.787. The molecule has 5 aromatic rings. The number of alkyl halides is 3. The molecule has 0 fully saturated rings. The van der Waals surface area contributed by atoms with E-state index in [1.807, 2.05) is 0 Å². The van der Waals surface area contributed by atoms with E-state index in [2.05, 4.69) is 25.1 Å². The Morgan fingerprint density at radius 3 is 2.44 bits per heavy atom. The van der Waals surface area contributed by atoms with Crippen LogP contribution in [0.25, 0.3) is 17.1 Å². The number of rotatable bonds is 9. The van der Waals surface area contributed by atoms with Crippen molar-refractivity contribution in [3.05, 3.63) is 106 Å². The zero-order valence-electron chi connectivity index (χ0n) is 21.0. The first-order chi connectivity index (χ1) is 19.6. The Labute approximate surface area is 234 Å². The number of benzene rings is 1. The van der Waals surface area contributed by atoms with Crippen LogP contribution < -0.4 is 5.69 Å². The molecule has 0 aliphatic rings. The fourth-order valence-electron chi connectivity index (χ4n) is 3.98. The fourth-order valence-corrected chi connectivity index (χ4v) is 4.11. The second kappa shape index (κ2) is 11.4. The van der Waals surface area contributed by atoms with E-state index in [0.29, 0.717) is 27.5 Å². The average Bonchev–Trinajstić information content (AvgIpc) is 3.54. The van der Waals surface area contributed by atoms with E-state index in [9.17, 15) is 27.9 Å². The summed E-state index contributed by atoms with van der Waals surface area (Å²) in [5.74, 6) is -0.162. The molecule has 0 radical (unpaired) electrons. The van der Waals surface area contributed by atoms with Gasteiger partial charge in [-0.25, -0.2) is 19.1 Å². The minimum atomic E-state index is -4.95. The summed E-state index contributed by atoms with van der Waals surface area (Å²) >= 11 is 5.92. The van der Waals surface area contributed by atoms with Crippen molar-refractivity contribution in [2.45, 2.75) is 31.8 Å². The molecule has 1 N–H and O–H groups in total. The van der Waals surface area contributed by atoms with Crippen LogP contribution in [0.2, 0.25) is 5.02 Å². The van der Waals surface area contributed by atoms with Crippen molar-refractivity contribution in [2.24, 2.45) is 0 Å². The maximum Gasteiger partial charge on any atom is 0.416 e. The number of halogens is 4. The largest absolute Gasteiger partial charge is 0.416 e. The van der Waals surface area contributed by atoms with Gasteiger partial charge in [-0.15, -0.1) is 10.2 Å². The number of hydrogen-bond donors (Lipinski definition) is 1. The number of aromatic nitrogens is 8. The van der Waals surface area contributed by atoms with Gasteiger partial charge in [-0.2, -0.15) is 13.2 Å². The van der Waals surface area contributed by atoms with Gasteiger partial charge in [-0.05, 0) is 48.5 Å². The molecule has 11 nitrogen and oxygen atoms in total. The third-order valence-electron chi connectivity index (χ3n) is 6.03. The van der Waals surface area contributed by atoms with E-state index in [1.165, 1.54) is 53.9 Å². The quantitative estimate of drug-likeness (QED) is 0.261. The summed E-state index contributed by atoms with van der Waals surface area (Å²) in [6.45, 7) is -1.35. The van der Waals surface area contributed by atoms with Crippen LogP contribution in [-0.2, 0) is 19.5 Å². The van der Waals surface area contributed by atoms with Gasteiger partial charge in [-0.3, -0.25) is 19.3 Å². The molecule has 4 heterocycles. The number of aliphatic hydroxyl groups is 1. The molecule has 0 bridgehead atoms. The number of aliphatic hydroxyl groups excluding tert-OH is 1. The van der Waals surface area contributed by atoms with Crippen LogP contribution in [0.1, 0.15) is 21.9 Å². The number of Topliss-reactive ketones (excluding diaryl/α,β-unsaturated/α-hetero) is 1. The molecule has 1 aromatic carbocycles. The summed E-state index contributed by atoms with van der Waals surface area (Å²) in [6.07, 6.45) is -1.83. The highest BCUT2D eigenvalue weighted by molar-refractivity contribution is 6.30. The Bertz CT molecular complexity index is 1730. The van der Waals surface area contributed by atoms with Crippen LogP contribution in [-0.4, -0.2) is 62.3 Å². The number of pyridine rings is 2. The summed E-state index contributed by atoms with van der Waals surface area (Å²) in [6, 6.07) is 12.5. The second-order valence-corrected chi connectivity index (χ2v) is 9.29. The van der Waals surface area contributed by atoms with Crippen LogP contribution in [0.3, 0.4) is 0 Å². The zero-order valence-corrected chi connectivity index (χ0v) is 21.7. The summed E-state index contributed by atoms with van der Waals surface area (Å²) < 4.78 is 42.4. The predicted octanol–water partition coefficient (Wildman–Crippen LogP) is 3.13. The molecule has 0 saturated heterocycles. The van der Waals surface area contributed by atoms with Gasteiger partial charge in [-0.1, -0.05) is 11.6 Å². The van der Waals surface area contributed by atoms with Crippen LogP contribution in [0, 0.1) is 0 Å². The lowest BCUT2D eigenvalue weighted by molar-refractivity contribution is -0.207. The van der Waals surface area contributed by atoms with Crippen LogP contribution in [0.5, 0.6) is 0 Å². The lowest BCUT2D eigenvalue weighted by Crippen LogP contribution is -2.37. The van der Waals surface area contributed by atoms with E-state index < -0.39 is 24.5 Å². The third kappa shape index (κ3) is 6.23. The summed E-state index contributed by atoms with van der Waals surface area (Å²) in [7, 11) is 0. The van der Waals surface area contributed by atoms with Crippen molar-refractivity contribution in [2.75, 3.05) is 0 Å².